The monoisotopic (exact) mass is 263 g/mol. The zero-order chi connectivity index (χ0) is 13.7. The first kappa shape index (κ1) is 14.3. The minimum atomic E-state index is 0.212. The number of nitrogens with two attached hydrogens (primary N) is 1. The minimum absolute atomic E-state index is 0.212. The maximum Gasteiger partial charge on any atom is 0.131 e. The van der Waals surface area contributed by atoms with E-state index in [1.54, 1.807) is 0 Å². The summed E-state index contributed by atoms with van der Waals surface area (Å²) in [5.74, 6) is 1.09. The molecule has 2 unspecified atom stereocenters. The lowest BCUT2D eigenvalue weighted by Crippen LogP contribution is -2.32. The minimum Gasteiger partial charge on any atom is -0.377 e. The predicted molar refractivity (Wildman–Crippen MR) is 78.5 cm³/mol. The molecule has 2 heterocycles. The summed E-state index contributed by atoms with van der Waals surface area (Å²) in [6.07, 6.45) is 5.07. The van der Waals surface area contributed by atoms with Crippen LogP contribution in [0.1, 0.15) is 32.3 Å². The maximum absolute atomic E-state index is 6.09. The van der Waals surface area contributed by atoms with Crippen molar-refractivity contribution in [1.29, 1.82) is 0 Å². The van der Waals surface area contributed by atoms with E-state index in [0.29, 0.717) is 0 Å². The Balaban J connectivity index is 2.17. The average molecular weight is 263 g/mol. The molecular formula is C15H25N3O. The first-order valence-corrected chi connectivity index (χ1v) is 7.26. The van der Waals surface area contributed by atoms with Gasteiger partial charge in [-0.25, -0.2) is 4.98 Å². The molecule has 0 spiro atoms. The third-order valence-electron chi connectivity index (χ3n) is 3.63. The molecule has 2 atom stereocenters. The molecule has 4 nitrogen and oxygen atoms in total. The highest BCUT2D eigenvalue weighted by molar-refractivity contribution is 5.47. The summed E-state index contributed by atoms with van der Waals surface area (Å²) in [7, 11) is 0. The van der Waals surface area contributed by atoms with Gasteiger partial charge < -0.3 is 15.4 Å². The van der Waals surface area contributed by atoms with Crippen molar-refractivity contribution in [2.45, 2.75) is 45.3 Å². The average Bonchev–Trinajstić information content (AvgIpc) is 2.64. The van der Waals surface area contributed by atoms with Crippen LogP contribution in [0, 0.1) is 0 Å². The Labute approximate surface area is 116 Å². The molecule has 19 heavy (non-hydrogen) atoms. The van der Waals surface area contributed by atoms with E-state index in [9.17, 15) is 0 Å². The zero-order valence-electron chi connectivity index (χ0n) is 12.0. The van der Waals surface area contributed by atoms with Gasteiger partial charge >= 0.3 is 0 Å². The van der Waals surface area contributed by atoms with E-state index in [1.165, 1.54) is 5.56 Å². The van der Waals surface area contributed by atoms with E-state index in [2.05, 4.69) is 29.8 Å². The fraction of sp³-hybridized carbons (Fsp3) is 0.667. The second-order valence-electron chi connectivity index (χ2n) is 5.34. The molecule has 106 valence electrons. The first-order chi connectivity index (χ1) is 9.20. The van der Waals surface area contributed by atoms with E-state index in [-0.39, 0.29) is 12.1 Å². The summed E-state index contributed by atoms with van der Waals surface area (Å²) in [6.45, 7) is 7.01. The fourth-order valence-corrected chi connectivity index (χ4v) is 2.49. The van der Waals surface area contributed by atoms with Crippen LogP contribution in [-0.4, -0.2) is 36.8 Å². The number of aromatic nitrogens is 1. The molecule has 1 saturated heterocycles. The van der Waals surface area contributed by atoms with E-state index in [4.69, 9.17) is 10.5 Å². The lowest BCUT2D eigenvalue weighted by molar-refractivity contribution is 0.0820. The molecule has 1 aromatic heterocycles. The van der Waals surface area contributed by atoms with Crippen molar-refractivity contribution in [2.24, 2.45) is 5.73 Å². The van der Waals surface area contributed by atoms with Crippen molar-refractivity contribution in [3.8, 4) is 0 Å². The van der Waals surface area contributed by atoms with Gasteiger partial charge in [0.2, 0.25) is 0 Å². The highest BCUT2D eigenvalue weighted by Crippen LogP contribution is 2.21. The third kappa shape index (κ3) is 3.91. The molecule has 1 aliphatic rings. The Morgan fingerprint density at radius 1 is 1.58 bits per heavy atom. The number of ether oxygens (including phenoxy) is 1. The third-order valence-corrected chi connectivity index (χ3v) is 3.63. The standard InChI is InChI=1S/C15H25N3O/c1-3-14(16)10-13-6-4-7-17-15(13)18-8-5-9-19-12(2)11-18/h4,6-7,12,14H,3,5,8-11,16H2,1-2H3. The number of nitrogens with zero attached hydrogens (tertiary/aromatic N) is 2. The number of hydrogen-bond donors (Lipinski definition) is 1. The summed E-state index contributed by atoms with van der Waals surface area (Å²) in [5, 5.41) is 0. The Bertz CT molecular complexity index is 397. The smallest absolute Gasteiger partial charge is 0.131 e. The fourth-order valence-electron chi connectivity index (χ4n) is 2.49. The summed E-state index contributed by atoms with van der Waals surface area (Å²) in [4.78, 5) is 6.92. The van der Waals surface area contributed by atoms with Crippen LogP contribution >= 0.6 is 0 Å². The van der Waals surface area contributed by atoms with Gasteiger partial charge in [-0.2, -0.15) is 0 Å². The molecule has 0 amide bonds. The largest absolute Gasteiger partial charge is 0.377 e. The van der Waals surface area contributed by atoms with Gasteiger partial charge in [-0.15, -0.1) is 0 Å². The molecular weight excluding hydrogens is 238 g/mol. The predicted octanol–water partition coefficient (Wildman–Crippen LogP) is 1.98. The topological polar surface area (TPSA) is 51.4 Å². The van der Waals surface area contributed by atoms with Crippen LogP contribution in [0.5, 0.6) is 0 Å². The van der Waals surface area contributed by atoms with Crippen LogP contribution in [0.3, 0.4) is 0 Å². The Hall–Kier alpha value is -1.13. The number of pyridine rings is 1. The van der Waals surface area contributed by atoms with Gasteiger partial charge in [0.1, 0.15) is 5.82 Å². The Morgan fingerprint density at radius 3 is 3.21 bits per heavy atom. The summed E-state index contributed by atoms with van der Waals surface area (Å²) >= 11 is 0. The molecule has 2 N–H and O–H groups in total. The second kappa shape index (κ2) is 6.87. The van der Waals surface area contributed by atoms with E-state index >= 15 is 0 Å². The molecule has 0 bridgehead atoms. The lowest BCUT2D eigenvalue weighted by Gasteiger charge is -2.26. The van der Waals surface area contributed by atoms with Crippen LogP contribution < -0.4 is 10.6 Å². The van der Waals surface area contributed by atoms with Crippen LogP contribution in [0.4, 0.5) is 5.82 Å². The van der Waals surface area contributed by atoms with E-state index in [1.807, 2.05) is 12.3 Å². The Kier molecular flexibility index (Phi) is 5.16. The first-order valence-electron chi connectivity index (χ1n) is 7.26. The van der Waals surface area contributed by atoms with Crippen LogP contribution in [0.25, 0.3) is 0 Å². The van der Waals surface area contributed by atoms with Crippen molar-refractivity contribution < 1.29 is 4.74 Å². The molecule has 1 aromatic rings. The molecule has 4 heteroatoms. The highest BCUT2D eigenvalue weighted by atomic mass is 16.5. The lowest BCUT2D eigenvalue weighted by atomic mass is 10.0. The van der Waals surface area contributed by atoms with Crippen molar-refractivity contribution in [1.82, 2.24) is 4.98 Å². The van der Waals surface area contributed by atoms with Crippen molar-refractivity contribution in [3.05, 3.63) is 23.9 Å². The van der Waals surface area contributed by atoms with Gasteiger partial charge in [-0.3, -0.25) is 0 Å². The number of hydrogen-bond acceptors (Lipinski definition) is 4. The van der Waals surface area contributed by atoms with Gasteiger partial charge in [0.15, 0.2) is 0 Å². The van der Waals surface area contributed by atoms with Crippen molar-refractivity contribution in [3.63, 3.8) is 0 Å². The SMILES string of the molecule is CCC(N)Cc1cccnc1N1CCCOC(C)C1. The molecule has 0 saturated carbocycles. The summed E-state index contributed by atoms with van der Waals surface area (Å²) in [5.41, 5.74) is 7.35. The van der Waals surface area contributed by atoms with E-state index in [0.717, 1.165) is 44.8 Å². The second-order valence-corrected chi connectivity index (χ2v) is 5.34. The quantitative estimate of drug-likeness (QED) is 0.902. The number of anilines is 1. The molecule has 0 aliphatic carbocycles. The molecule has 1 fully saturated rings. The normalized spacial score (nSPS) is 22.1. The van der Waals surface area contributed by atoms with Crippen LogP contribution in [-0.2, 0) is 11.2 Å². The molecule has 0 aromatic carbocycles. The van der Waals surface area contributed by atoms with Crippen LogP contribution in [0.15, 0.2) is 18.3 Å². The highest BCUT2D eigenvalue weighted by Gasteiger charge is 2.19. The molecule has 1 aliphatic heterocycles. The van der Waals surface area contributed by atoms with Crippen molar-refractivity contribution in [2.75, 3.05) is 24.6 Å². The Morgan fingerprint density at radius 2 is 2.42 bits per heavy atom. The van der Waals surface area contributed by atoms with Gasteiger partial charge in [0.05, 0.1) is 6.10 Å². The van der Waals surface area contributed by atoms with Crippen LogP contribution in [0.2, 0.25) is 0 Å². The number of rotatable bonds is 4. The summed E-state index contributed by atoms with van der Waals surface area (Å²) in [6, 6.07) is 4.36. The zero-order valence-corrected chi connectivity index (χ0v) is 12.0. The van der Waals surface area contributed by atoms with Gasteiger partial charge in [0.25, 0.3) is 0 Å². The van der Waals surface area contributed by atoms with E-state index < -0.39 is 0 Å². The molecule has 0 radical (unpaired) electrons. The van der Waals surface area contributed by atoms with Gasteiger partial charge in [-0.05, 0) is 37.8 Å². The maximum atomic E-state index is 6.09. The molecule has 2 rings (SSSR count). The summed E-state index contributed by atoms with van der Waals surface area (Å²) < 4.78 is 5.70. The van der Waals surface area contributed by atoms with Crippen molar-refractivity contribution >= 4 is 5.82 Å². The van der Waals surface area contributed by atoms with Gasteiger partial charge in [0, 0.05) is 31.9 Å². The van der Waals surface area contributed by atoms with Gasteiger partial charge in [-0.1, -0.05) is 13.0 Å².